The van der Waals surface area contributed by atoms with E-state index >= 15 is 0 Å². The van der Waals surface area contributed by atoms with E-state index in [4.69, 9.17) is 4.74 Å². The molecule has 2 fully saturated rings. The van der Waals surface area contributed by atoms with E-state index in [2.05, 4.69) is 11.9 Å². The molecule has 2 aliphatic heterocycles. The Balaban J connectivity index is 2.07. The third kappa shape index (κ3) is 1.12. The molecule has 0 atom stereocenters. The van der Waals surface area contributed by atoms with Crippen molar-refractivity contribution in [3.63, 3.8) is 0 Å². The fourth-order valence-corrected chi connectivity index (χ4v) is 2.09. The van der Waals surface area contributed by atoms with Crippen molar-refractivity contribution in [3.8, 4) is 0 Å². The van der Waals surface area contributed by atoms with E-state index in [1.165, 1.54) is 0 Å². The smallest absolute Gasteiger partial charge is 0.312 e. The van der Waals surface area contributed by atoms with Crippen LogP contribution in [0.1, 0.15) is 19.3 Å². The number of ether oxygens (including phenoxy) is 1. The predicted octanol–water partition coefficient (Wildman–Crippen LogP) is 0.645. The van der Waals surface area contributed by atoms with E-state index < -0.39 is 0 Å². The first-order valence-electron chi connectivity index (χ1n) is 4.59. The van der Waals surface area contributed by atoms with Gasteiger partial charge in [-0.15, -0.1) is 0 Å². The maximum absolute atomic E-state index is 11.4. The fourth-order valence-electron chi connectivity index (χ4n) is 2.09. The molecule has 12 heavy (non-hydrogen) atoms. The Morgan fingerprint density at radius 2 is 2.00 bits per heavy atom. The van der Waals surface area contributed by atoms with Gasteiger partial charge in [0, 0.05) is 0 Å². The maximum atomic E-state index is 11.4. The number of hydrogen-bond acceptors (Lipinski definition) is 3. The molecule has 0 bridgehead atoms. The second kappa shape index (κ2) is 2.73. The van der Waals surface area contributed by atoms with Crippen LogP contribution >= 0.6 is 0 Å². The van der Waals surface area contributed by atoms with Crippen LogP contribution in [0.4, 0.5) is 0 Å². The largest absolute Gasteiger partial charge is 0.465 e. The molecule has 0 unspecified atom stereocenters. The second-order valence-electron chi connectivity index (χ2n) is 3.97. The molecule has 1 spiro atoms. The van der Waals surface area contributed by atoms with Gasteiger partial charge in [-0.05, 0) is 39.4 Å². The van der Waals surface area contributed by atoms with Crippen LogP contribution in [-0.2, 0) is 9.53 Å². The number of piperidine rings is 1. The Morgan fingerprint density at radius 1 is 1.33 bits per heavy atom. The molecule has 0 aromatic heterocycles. The number of carbonyl (C=O) groups excluding carboxylic acids is 1. The molecule has 3 nitrogen and oxygen atoms in total. The van der Waals surface area contributed by atoms with E-state index in [1.807, 2.05) is 0 Å². The summed E-state index contributed by atoms with van der Waals surface area (Å²) in [5, 5.41) is 0. The van der Waals surface area contributed by atoms with Crippen molar-refractivity contribution in [1.29, 1.82) is 0 Å². The highest BCUT2D eigenvalue weighted by molar-refractivity contribution is 5.78. The summed E-state index contributed by atoms with van der Waals surface area (Å²) < 4.78 is 5.02. The summed E-state index contributed by atoms with van der Waals surface area (Å²) >= 11 is 0. The lowest BCUT2D eigenvalue weighted by Gasteiger charge is -2.34. The van der Waals surface area contributed by atoms with Gasteiger partial charge in [0.25, 0.3) is 0 Å². The van der Waals surface area contributed by atoms with Crippen LogP contribution < -0.4 is 0 Å². The van der Waals surface area contributed by atoms with Gasteiger partial charge in [0.15, 0.2) is 0 Å². The van der Waals surface area contributed by atoms with Crippen LogP contribution in [0.15, 0.2) is 0 Å². The highest BCUT2D eigenvalue weighted by atomic mass is 16.5. The molecule has 0 amide bonds. The number of nitrogens with zero attached hydrogens (tertiary/aromatic N) is 1. The lowest BCUT2D eigenvalue weighted by Crippen LogP contribution is -2.40. The van der Waals surface area contributed by atoms with Crippen LogP contribution in [0.2, 0.25) is 0 Å². The van der Waals surface area contributed by atoms with Crippen LogP contribution in [0, 0.1) is 5.41 Å². The van der Waals surface area contributed by atoms with E-state index in [-0.39, 0.29) is 11.4 Å². The summed E-state index contributed by atoms with van der Waals surface area (Å²) in [4.78, 5) is 13.7. The lowest BCUT2D eigenvalue weighted by atomic mass is 9.77. The highest BCUT2D eigenvalue weighted by Crippen LogP contribution is 2.39. The average molecular weight is 169 g/mol. The molecule has 68 valence electrons. The summed E-state index contributed by atoms with van der Waals surface area (Å²) in [6, 6.07) is 0. The molecular formula is C9H15NO2. The minimum Gasteiger partial charge on any atom is -0.465 e. The first-order valence-corrected chi connectivity index (χ1v) is 4.59. The van der Waals surface area contributed by atoms with Crippen molar-refractivity contribution in [2.24, 2.45) is 5.41 Å². The number of esters is 1. The first-order chi connectivity index (χ1) is 5.73. The fraction of sp³-hybridized carbons (Fsp3) is 0.889. The summed E-state index contributed by atoms with van der Waals surface area (Å²) in [6.45, 7) is 2.72. The van der Waals surface area contributed by atoms with Crippen LogP contribution in [0.25, 0.3) is 0 Å². The van der Waals surface area contributed by atoms with Gasteiger partial charge in [-0.1, -0.05) is 0 Å². The first kappa shape index (κ1) is 8.05. The van der Waals surface area contributed by atoms with Crippen molar-refractivity contribution < 1.29 is 9.53 Å². The van der Waals surface area contributed by atoms with E-state index in [1.54, 1.807) is 0 Å². The molecular weight excluding hydrogens is 154 g/mol. The number of rotatable bonds is 0. The SMILES string of the molecule is CN1CCC2(CCOC2=O)CC1. The lowest BCUT2D eigenvalue weighted by molar-refractivity contribution is -0.148. The third-order valence-electron chi connectivity index (χ3n) is 3.19. The molecule has 2 rings (SSSR count). The standard InChI is InChI=1S/C9H15NO2/c1-10-5-2-9(3-6-10)4-7-12-8(9)11/h2-7H2,1H3. The van der Waals surface area contributed by atoms with Crippen molar-refractivity contribution in [1.82, 2.24) is 4.90 Å². The van der Waals surface area contributed by atoms with Crippen LogP contribution in [0.5, 0.6) is 0 Å². The van der Waals surface area contributed by atoms with Gasteiger partial charge in [0.2, 0.25) is 0 Å². The molecule has 3 heteroatoms. The van der Waals surface area contributed by atoms with Crippen molar-refractivity contribution in [3.05, 3.63) is 0 Å². The Hall–Kier alpha value is -0.570. The topological polar surface area (TPSA) is 29.5 Å². The number of carbonyl (C=O) groups is 1. The molecule has 0 aromatic rings. The molecule has 0 aliphatic carbocycles. The summed E-state index contributed by atoms with van der Waals surface area (Å²) in [6.07, 6.45) is 2.92. The summed E-state index contributed by atoms with van der Waals surface area (Å²) in [5.41, 5.74) is -0.0908. The van der Waals surface area contributed by atoms with Gasteiger partial charge in [-0.25, -0.2) is 0 Å². The monoisotopic (exact) mass is 169 g/mol. The number of likely N-dealkylation sites (tertiary alicyclic amines) is 1. The molecule has 0 N–H and O–H groups in total. The van der Waals surface area contributed by atoms with Gasteiger partial charge in [-0.3, -0.25) is 4.79 Å². The number of cyclic esters (lactones) is 1. The molecule has 0 saturated carbocycles. The molecule has 0 aromatic carbocycles. The van der Waals surface area contributed by atoms with Gasteiger partial charge >= 0.3 is 5.97 Å². The van der Waals surface area contributed by atoms with Crippen molar-refractivity contribution in [2.45, 2.75) is 19.3 Å². The van der Waals surface area contributed by atoms with Crippen molar-refractivity contribution >= 4 is 5.97 Å². The zero-order valence-electron chi connectivity index (χ0n) is 7.51. The van der Waals surface area contributed by atoms with Gasteiger partial charge in [0.05, 0.1) is 12.0 Å². The van der Waals surface area contributed by atoms with E-state index in [0.717, 1.165) is 32.4 Å². The molecule has 0 radical (unpaired) electrons. The molecule has 2 aliphatic rings. The molecule has 2 saturated heterocycles. The van der Waals surface area contributed by atoms with Crippen LogP contribution in [0.3, 0.4) is 0 Å². The van der Waals surface area contributed by atoms with Gasteiger partial charge in [-0.2, -0.15) is 0 Å². The average Bonchev–Trinajstić information content (AvgIpc) is 2.41. The van der Waals surface area contributed by atoms with E-state index in [9.17, 15) is 4.79 Å². The maximum Gasteiger partial charge on any atom is 0.312 e. The Labute approximate surface area is 72.7 Å². The second-order valence-corrected chi connectivity index (χ2v) is 3.97. The Bertz CT molecular complexity index is 195. The zero-order chi connectivity index (χ0) is 8.60. The number of hydrogen-bond donors (Lipinski definition) is 0. The predicted molar refractivity (Wildman–Crippen MR) is 44.7 cm³/mol. The zero-order valence-corrected chi connectivity index (χ0v) is 7.51. The van der Waals surface area contributed by atoms with Gasteiger partial charge in [0.1, 0.15) is 0 Å². The minimum atomic E-state index is -0.0908. The Morgan fingerprint density at radius 3 is 2.50 bits per heavy atom. The highest BCUT2D eigenvalue weighted by Gasteiger charge is 2.45. The van der Waals surface area contributed by atoms with Crippen LogP contribution in [-0.4, -0.2) is 37.6 Å². The molecule has 2 heterocycles. The Kier molecular flexibility index (Phi) is 1.83. The quantitative estimate of drug-likeness (QED) is 0.498. The van der Waals surface area contributed by atoms with Crippen molar-refractivity contribution in [2.75, 3.05) is 26.7 Å². The minimum absolute atomic E-state index is 0.0515. The van der Waals surface area contributed by atoms with Gasteiger partial charge < -0.3 is 9.64 Å². The summed E-state index contributed by atoms with van der Waals surface area (Å²) in [5.74, 6) is 0.0515. The van der Waals surface area contributed by atoms with E-state index in [0.29, 0.717) is 6.61 Å². The third-order valence-corrected chi connectivity index (χ3v) is 3.19. The normalized spacial score (nSPS) is 29.2. The summed E-state index contributed by atoms with van der Waals surface area (Å²) in [7, 11) is 2.10.